The third-order valence-electron chi connectivity index (χ3n) is 4.31. The second-order valence-electron chi connectivity index (χ2n) is 7.12. The minimum Gasteiger partial charge on any atom is -0.324 e. The number of carbonyl (C=O) groups is 1. The molecule has 0 atom stereocenters. The van der Waals surface area contributed by atoms with Gasteiger partial charge < -0.3 is 5.32 Å². The van der Waals surface area contributed by atoms with Gasteiger partial charge in [0.1, 0.15) is 5.39 Å². The van der Waals surface area contributed by atoms with Gasteiger partial charge in [-0.15, -0.1) is 11.6 Å². The van der Waals surface area contributed by atoms with E-state index in [0.29, 0.717) is 5.69 Å². The Bertz CT molecular complexity index is 957. The molecule has 0 spiro atoms. The fourth-order valence-electron chi connectivity index (χ4n) is 2.46. The van der Waals surface area contributed by atoms with Crippen LogP contribution in [-0.4, -0.2) is 25.9 Å². The summed E-state index contributed by atoms with van der Waals surface area (Å²) in [6, 6.07) is 0. The summed E-state index contributed by atoms with van der Waals surface area (Å²) in [6.45, 7) is 7.33. The summed E-state index contributed by atoms with van der Waals surface area (Å²) in [4.78, 5) is 41.8. The molecule has 2 heterocycles. The number of alkyl halides is 1. The number of rotatable bonds is 4. The highest BCUT2D eigenvalue weighted by Crippen LogP contribution is 2.30. The van der Waals surface area contributed by atoms with Crippen molar-refractivity contribution < 1.29 is 4.79 Å². The molecule has 0 radical (unpaired) electrons. The Morgan fingerprint density at radius 2 is 1.88 bits per heavy atom. The van der Waals surface area contributed by atoms with Crippen LogP contribution in [0.2, 0.25) is 0 Å². The first-order chi connectivity index (χ1) is 11.5. The second kappa shape index (κ2) is 6.63. The maximum Gasteiger partial charge on any atom is 0.332 e. The van der Waals surface area contributed by atoms with Crippen LogP contribution in [0.5, 0.6) is 0 Å². The maximum absolute atomic E-state index is 12.7. The highest BCUT2D eigenvalue weighted by molar-refractivity contribution is 6.20. The number of aromatic nitrogens is 3. The molecule has 136 valence electrons. The molecule has 2 aromatic heterocycles. The Hall–Kier alpha value is -2.15. The van der Waals surface area contributed by atoms with Crippen molar-refractivity contribution in [1.29, 1.82) is 0 Å². The van der Waals surface area contributed by atoms with Crippen molar-refractivity contribution in [3.8, 4) is 0 Å². The van der Waals surface area contributed by atoms with Crippen LogP contribution >= 0.6 is 11.6 Å². The molecule has 0 aliphatic carbocycles. The van der Waals surface area contributed by atoms with Crippen LogP contribution in [0.25, 0.3) is 11.0 Å². The summed E-state index contributed by atoms with van der Waals surface area (Å²) in [7, 11) is 2.95. The van der Waals surface area contributed by atoms with Gasteiger partial charge in [-0.25, -0.2) is 9.78 Å². The number of hydrogen-bond acceptors (Lipinski definition) is 4. The average Bonchev–Trinajstić information content (AvgIpc) is 2.57. The van der Waals surface area contributed by atoms with Gasteiger partial charge in [-0.1, -0.05) is 13.8 Å². The van der Waals surface area contributed by atoms with E-state index in [4.69, 9.17) is 11.6 Å². The van der Waals surface area contributed by atoms with Gasteiger partial charge in [-0.3, -0.25) is 18.7 Å². The van der Waals surface area contributed by atoms with E-state index < -0.39 is 16.7 Å². The number of nitrogens with one attached hydrogen (secondary N) is 1. The number of hydrogen-bond donors (Lipinski definition) is 1. The number of pyridine rings is 1. The number of fused-ring (bicyclic) bond motifs is 1. The molecule has 1 N–H and O–H groups in total. The van der Waals surface area contributed by atoms with Crippen molar-refractivity contribution in [2.75, 3.05) is 11.2 Å². The highest BCUT2D eigenvalue weighted by Gasteiger charge is 2.29. The van der Waals surface area contributed by atoms with Crippen LogP contribution in [0.15, 0.2) is 15.8 Å². The summed E-state index contributed by atoms with van der Waals surface area (Å²) in [5, 5.41) is 3.07. The number of carbonyl (C=O) groups excluding carboxylic acids is 1. The molecular formula is C17H23ClN4O3. The Morgan fingerprint density at radius 3 is 2.40 bits per heavy atom. The normalized spacial score (nSPS) is 12.0. The van der Waals surface area contributed by atoms with Crippen molar-refractivity contribution in [1.82, 2.24) is 14.1 Å². The number of halogens is 1. The second-order valence-corrected chi connectivity index (χ2v) is 7.39. The molecule has 1 amide bonds. The predicted molar refractivity (Wildman–Crippen MR) is 99.4 cm³/mol. The number of amides is 1. The summed E-state index contributed by atoms with van der Waals surface area (Å²) in [6.07, 6.45) is 1.59. The van der Waals surface area contributed by atoms with Crippen molar-refractivity contribution in [3.05, 3.63) is 32.6 Å². The molecular weight excluding hydrogens is 344 g/mol. The highest BCUT2D eigenvalue weighted by atomic mass is 35.5. The SMILES string of the molecule is CC(C)c1cnc2c(c1NC(=O)C(C)(C)CCl)c(=O)n(C)c(=O)n2C. The van der Waals surface area contributed by atoms with Crippen LogP contribution < -0.4 is 16.6 Å². The standard InChI is InChI=1S/C17H23ClN4O3/c1-9(2)10-7-19-13-11(14(23)22(6)16(25)21(13)5)12(10)20-15(24)17(3,4)8-18/h7,9H,8H2,1-6H3,(H,19,20,24). The lowest BCUT2D eigenvalue weighted by atomic mass is 9.94. The quantitative estimate of drug-likeness (QED) is 0.838. The van der Waals surface area contributed by atoms with Crippen molar-refractivity contribution in [2.45, 2.75) is 33.6 Å². The molecule has 0 saturated carbocycles. The lowest BCUT2D eigenvalue weighted by Gasteiger charge is -2.23. The zero-order valence-corrected chi connectivity index (χ0v) is 16.1. The molecule has 8 heteroatoms. The van der Waals surface area contributed by atoms with Crippen LogP contribution in [0.4, 0.5) is 5.69 Å². The first-order valence-corrected chi connectivity index (χ1v) is 8.52. The molecule has 25 heavy (non-hydrogen) atoms. The minimum absolute atomic E-state index is 0.0215. The molecule has 0 aliphatic rings. The van der Waals surface area contributed by atoms with E-state index in [1.165, 1.54) is 11.6 Å². The first kappa shape index (κ1) is 19.2. The molecule has 2 aromatic rings. The summed E-state index contributed by atoms with van der Waals surface area (Å²) in [5.74, 6) is -0.143. The predicted octanol–water partition coefficient (Wildman–Crippen LogP) is 1.96. The Balaban J connectivity index is 2.88. The largest absolute Gasteiger partial charge is 0.332 e. The lowest BCUT2D eigenvalue weighted by molar-refractivity contribution is -0.122. The summed E-state index contributed by atoms with van der Waals surface area (Å²) < 4.78 is 2.31. The number of aryl methyl sites for hydroxylation is 1. The third kappa shape index (κ3) is 3.20. The van der Waals surface area contributed by atoms with E-state index >= 15 is 0 Å². The van der Waals surface area contributed by atoms with E-state index in [1.54, 1.807) is 27.1 Å². The molecule has 0 unspecified atom stereocenters. The van der Waals surface area contributed by atoms with E-state index in [-0.39, 0.29) is 28.7 Å². The van der Waals surface area contributed by atoms with Crippen LogP contribution in [-0.2, 0) is 18.9 Å². The number of nitrogens with zero attached hydrogens (tertiary/aromatic N) is 3. The van der Waals surface area contributed by atoms with Crippen molar-refractivity contribution in [2.24, 2.45) is 19.5 Å². The van der Waals surface area contributed by atoms with E-state index in [0.717, 1.165) is 10.1 Å². The lowest BCUT2D eigenvalue weighted by Crippen LogP contribution is -2.38. The fourth-order valence-corrected chi connectivity index (χ4v) is 2.58. The molecule has 7 nitrogen and oxygen atoms in total. The minimum atomic E-state index is -0.808. The Morgan fingerprint density at radius 1 is 1.28 bits per heavy atom. The topological polar surface area (TPSA) is 86.0 Å². The van der Waals surface area contributed by atoms with E-state index in [1.807, 2.05) is 13.8 Å². The van der Waals surface area contributed by atoms with Crippen LogP contribution in [0, 0.1) is 5.41 Å². The number of anilines is 1. The van der Waals surface area contributed by atoms with Gasteiger partial charge in [0, 0.05) is 26.2 Å². The molecule has 0 saturated heterocycles. The van der Waals surface area contributed by atoms with Crippen molar-refractivity contribution in [3.63, 3.8) is 0 Å². The molecule has 0 aromatic carbocycles. The summed E-state index contributed by atoms with van der Waals surface area (Å²) >= 11 is 5.89. The van der Waals surface area contributed by atoms with Gasteiger partial charge in [0.15, 0.2) is 5.65 Å². The smallest absolute Gasteiger partial charge is 0.324 e. The first-order valence-electron chi connectivity index (χ1n) is 7.99. The van der Waals surface area contributed by atoms with E-state index in [2.05, 4.69) is 10.3 Å². The van der Waals surface area contributed by atoms with Crippen LogP contribution in [0.1, 0.15) is 39.2 Å². The van der Waals surface area contributed by atoms with Crippen molar-refractivity contribution >= 4 is 34.2 Å². The average molecular weight is 367 g/mol. The monoisotopic (exact) mass is 366 g/mol. The summed E-state index contributed by atoms with van der Waals surface area (Å²) in [5.41, 5.74) is -0.428. The zero-order valence-electron chi connectivity index (χ0n) is 15.3. The third-order valence-corrected chi connectivity index (χ3v) is 4.98. The van der Waals surface area contributed by atoms with Crippen LogP contribution in [0.3, 0.4) is 0 Å². The van der Waals surface area contributed by atoms with Gasteiger partial charge in [-0.2, -0.15) is 0 Å². The van der Waals surface area contributed by atoms with Gasteiger partial charge in [0.2, 0.25) is 5.91 Å². The Kier molecular flexibility index (Phi) is 5.09. The molecule has 0 fully saturated rings. The van der Waals surface area contributed by atoms with Gasteiger partial charge in [0.25, 0.3) is 5.56 Å². The molecule has 0 bridgehead atoms. The molecule has 2 rings (SSSR count). The van der Waals surface area contributed by atoms with Gasteiger partial charge in [0.05, 0.1) is 11.1 Å². The molecule has 0 aliphatic heterocycles. The maximum atomic E-state index is 12.7. The van der Waals surface area contributed by atoms with Gasteiger partial charge >= 0.3 is 5.69 Å². The zero-order chi connectivity index (χ0) is 19.1. The van der Waals surface area contributed by atoms with E-state index in [9.17, 15) is 14.4 Å². The van der Waals surface area contributed by atoms with Gasteiger partial charge in [-0.05, 0) is 25.3 Å². The Labute approximate surface area is 150 Å². The fraction of sp³-hybridized carbons (Fsp3) is 0.529.